The summed E-state index contributed by atoms with van der Waals surface area (Å²) < 4.78 is 464. The number of rotatable bonds is 21. The number of ether oxygens (including phenoxy) is 6. The molecule has 8 aromatic rings. The fourth-order valence-electron chi connectivity index (χ4n) is 17.7. The van der Waals surface area contributed by atoms with Crippen LogP contribution in [0.2, 0.25) is 0 Å². The SMILES string of the molecule is CCCC1CC=C(C(F)(F)Oc2ccc3c(c2F)C(F)(F)C(F)(F)c2c-3ccc(OCC)c2F)CC1.CCCC1CCC(Br)(C(F)(F)Br)CC1.CCCC1CCC(C(F)(F)Oc2ccc3c(c2F)C(F)(F)C(F)(F)c2c-3ccc(OCC)c2F)CC1.CCOc1ccc2c(c1F)C(F)(F)C(F)(F)c1c(F)cccc1-2.CCOc1ccc2c(c1F)C(F)(F)C(F)(F)c1c-2ccc(O)c1F. The van der Waals surface area contributed by atoms with Crippen LogP contribution in [0.5, 0.6) is 40.2 Å². The van der Waals surface area contributed by atoms with E-state index >= 15 is 26.3 Å². The number of alkyl halides is 24. The highest BCUT2D eigenvalue weighted by molar-refractivity contribution is 9.12. The Bertz CT molecular complexity index is 5600. The Morgan fingerprint density at radius 3 is 0.940 bits per heavy atom. The Hall–Kier alpha value is -9.04. The molecule has 0 aliphatic heterocycles. The first-order valence-corrected chi connectivity index (χ1v) is 44.0. The summed E-state index contributed by atoms with van der Waals surface area (Å²) in [6.45, 7) is 11.7. The van der Waals surface area contributed by atoms with Crippen LogP contribution in [0.25, 0.3) is 44.5 Å². The zero-order chi connectivity index (χ0) is 98.6. The van der Waals surface area contributed by atoms with Gasteiger partial charge in [-0.25, -0.2) is 35.1 Å². The molecule has 39 heteroatoms. The van der Waals surface area contributed by atoms with Gasteiger partial charge in [-0.05, 0) is 268 Å². The van der Waals surface area contributed by atoms with E-state index in [9.17, 15) is 110 Å². The zero-order valence-electron chi connectivity index (χ0n) is 71.5. The average molecular weight is 2060 g/mol. The third-order valence-corrected chi connectivity index (χ3v) is 27.0. The van der Waals surface area contributed by atoms with Crippen molar-refractivity contribution >= 4 is 31.9 Å². The molecule has 728 valence electrons. The second kappa shape index (κ2) is 39.2. The molecule has 0 amide bonds. The van der Waals surface area contributed by atoms with E-state index < -0.39 is 256 Å². The smallest absolute Gasteiger partial charge is 0.422 e. The average Bonchev–Trinajstić information content (AvgIpc) is 0.715. The van der Waals surface area contributed by atoms with Crippen LogP contribution < -0.4 is 28.4 Å². The molecular weight excluding hydrogens is 1970 g/mol. The second-order valence-corrected chi connectivity index (χ2v) is 35.3. The fraction of sp³-hybridized carbons (Fsp3) is 0.468. The Labute approximate surface area is 760 Å². The van der Waals surface area contributed by atoms with Crippen LogP contribution in [0.15, 0.2) is 115 Å². The van der Waals surface area contributed by atoms with Gasteiger partial charge in [-0.2, -0.15) is 96.6 Å². The zero-order valence-corrected chi connectivity index (χ0v) is 74.7. The van der Waals surface area contributed by atoms with Crippen molar-refractivity contribution in [2.24, 2.45) is 23.7 Å². The van der Waals surface area contributed by atoms with Gasteiger partial charge in [-0.3, -0.25) is 0 Å². The standard InChI is InChI=1S/C26H26F8O2.C26H24F8O2.C16H10F6O2.C16H10F6O.C10H16Br2F2/c2*1-3-5-14-6-8-15(9-7-14)26(33,34)36-19-13-11-17-16-10-12-18(35-4-2)22(27)20(16)24(29,30)25(31,32)21(17)23(19)28;1-2-24-10-6-4-8-7-3-5-9(23)13(17)11(7)15(19,20)16(21,22)12(8)14(10)18;1-2-23-11-7-6-9-8-4-3-5-10(17)12(8)15(19,20)16(21,22)13(9)14(11)18;1-2-3-8-4-6-9(11,7-5-8)10(12,13)14/h10-15H,3-9H2,1-2H3;8,10-14H,3-7,9H2,1-2H3;3-6,23H,2H2,1H3;3-7H,2H2,1H3;8H,2-7H2,1H3. The molecule has 0 bridgehead atoms. The van der Waals surface area contributed by atoms with E-state index in [0.717, 1.165) is 130 Å². The van der Waals surface area contributed by atoms with Crippen LogP contribution in [0.1, 0.15) is 202 Å². The van der Waals surface area contributed by atoms with Crippen molar-refractivity contribution in [3.63, 3.8) is 0 Å². The highest BCUT2D eigenvalue weighted by atomic mass is 79.9. The third kappa shape index (κ3) is 19.0. The quantitative estimate of drug-likeness (QED) is 0.0436. The van der Waals surface area contributed by atoms with Gasteiger partial charge in [0, 0.05) is 5.57 Å². The van der Waals surface area contributed by atoms with Gasteiger partial charge in [0.15, 0.2) is 81.0 Å². The number of fused-ring (bicyclic) bond motifs is 12. The Morgan fingerprint density at radius 2 is 0.624 bits per heavy atom. The molecule has 1 atom stereocenters. The summed E-state index contributed by atoms with van der Waals surface area (Å²) >= 11 is 5.67. The first kappa shape index (κ1) is 104. The first-order valence-electron chi connectivity index (χ1n) is 42.4. The molecule has 1 N–H and O–H groups in total. The van der Waals surface area contributed by atoms with Crippen LogP contribution in [0, 0.1) is 70.2 Å². The van der Waals surface area contributed by atoms with E-state index in [4.69, 9.17) is 18.9 Å². The van der Waals surface area contributed by atoms with E-state index in [1.165, 1.54) is 40.2 Å². The van der Waals surface area contributed by atoms with E-state index in [1.807, 2.05) is 13.8 Å². The molecule has 0 aromatic heterocycles. The molecular formula is C94H86Br2F30O7. The predicted octanol–water partition coefficient (Wildman–Crippen LogP) is 32.8. The van der Waals surface area contributed by atoms with Crippen LogP contribution in [0.3, 0.4) is 0 Å². The molecule has 0 saturated heterocycles. The number of hydrogen-bond acceptors (Lipinski definition) is 7. The van der Waals surface area contributed by atoms with E-state index in [1.54, 1.807) is 0 Å². The monoisotopic (exact) mass is 2050 g/mol. The molecule has 15 rings (SSSR count). The van der Waals surface area contributed by atoms with Gasteiger partial charge in [0.1, 0.15) is 5.82 Å². The molecule has 2 saturated carbocycles. The highest BCUT2D eigenvalue weighted by Gasteiger charge is 2.70. The maximum Gasteiger partial charge on any atom is 0.422 e. The number of phenols is 1. The minimum Gasteiger partial charge on any atom is -0.505 e. The lowest BCUT2D eigenvalue weighted by Crippen LogP contribution is -2.41. The number of hydrogen-bond donors (Lipinski definition) is 1. The van der Waals surface area contributed by atoms with Gasteiger partial charge >= 0.3 is 64.4 Å². The lowest BCUT2D eigenvalue weighted by Gasteiger charge is -2.38. The summed E-state index contributed by atoms with van der Waals surface area (Å²) in [6.07, 6.45) is 4.28. The predicted molar refractivity (Wildman–Crippen MR) is 439 cm³/mol. The van der Waals surface area contributed by atoms with Crippen molar-refractivity contribution in [3.8, 4) is 84.8 Å². The molecule has 0 radical (unpaired) electrons. The lowest BCUT2D eigenvalue weighted by molar-refractivity contribution is -0.231. The largest absolute Gasteiger partial charge is 0.505 e. The topological polar surface area (TPSA) is 75.6 Å². The van der Waals surface area contributed by atoms with Gasteiger partial charge in [-0.15, -0.1) is 0 Å². The number of aromatic hydroxyl groups is 1. The molecule has 0 heterocycles. The van der Waals surface area contributed by atoms with Gasteiger partial charge in [0.2, 0.25) is 0 Å². The minimum atomic E-state index is -5.27. The lowest BCUT2D eigenvalue weighted by atomic mass is 9.79. The van der Waals surface area contributed by atoms with Gasteiger partial charge in [0.25, 0.3) is 0 Å². The summed E-state index contributed by atoms with van der Waals surface area (Å²) in [5.41, 5.74) is -18.5. The Kier molecular flexibility index (Phi) is 30.8. The number of phenolic OH excluding ortho intramolecular Hbond substituents is 1. The van der Waals surface area contributed by atoms with Crippen LogP contribution in [-0.2, 0) is 47.4 Å². The van der Waals surface area contributed by atoms with Crippen LogP contribution in [0.4, 0.5) is 132 Å². The summed E-state index contributed by atoms with van der Waals surface area (Å²) in [7, 11) is 0. The summed E-state index contributed by atoms with van der Waals surface area (Å²) in [5, 5.41) is 9.25. The molecule has 7 aliphatic carbocycles. The first-order chi connectivity index (χ1) is 62.0. The van der Waals surface area contributed by atoms with Crippen molar-refractivity contribution < 1.29 is 165 Å². The number of allylic oxidation sites excluding steroid dienone is 1. The van der Waals surface area contributed by atoms with E-state index in [2.05, 4.69) is 48.3 Å². The summed E-state index contributed by atoms with van der Waals surface area (Å²) in [5.74, 6) is -61.1. The fourth-order valence-corrected chi connectivity index (χ4v) is 18.6. The molecule has 7 aliphatic rings. The molecule has 1 unspecified atom stereocenters. The number of benzene rings is 8. The van der Waals surface area contributed by atoms with Gasteiger partial charge in [0.05, 0.1) is 81.2 Å². The molecule has 133 heavy (non-hydrogen) atoms. The van der Waals surface area contributed by atoms with Crippen molar-refractivity contribution in [1.82, 2.24) is 0 Å². The van der Waals surface area contributed by atoms with E-state index in [0.29, 0.717) is 68.6 Å². The van der Waals surface area contributed by atoms with Gasteiger partial charge < -0.3 is 33.5 Å². The second-order valence-electron chi connectivity index (χ2n) is 32.8. The minimum absolute atomic E-state index is 0.0249. The van der Waals surface area contributed by atoms with Crippen LogP contribution in [-0.4, -0.2) is 52.9 Å². The summed E-state index contributed by atoms with van der Waals surface area (Å²) in [6, 6.07) is 15.1. The molecule has 2 fully saturated rings. The van der Waals surface area contributed by atoms with Crippen molar-refractivity contribution in [2.75, 3.05) is 26.4 Å². The summed E-state index contributed by atoms with van der Waals surface area (Å²) in [4.78, 5) is -2.78. The molecule has 8 aromatic carbocycles. The van der Waals surface area contributed by atoms with Crippen molar-refractivity contribution in [3.05, 3.63) is 206 Å². The highest BCUT2D eigenvalue weighted by Crippen LogP contribution is 2.66. The third-order valence-electron chi connectivity index (χ3n) is 24.4. The molecule has 0 spiro atoms. The van der Waals surface area contributed by atoms with Crippen molar-refractivity contribution in [2.45, 2.75) is 226 Å². The van der Waals surface area contributed by atoms with Gasteiger partial charge in [-0.1, -0.05) is 93.4 Å². The maximum atomic E-state index is 15.3. The maximum absolute atomic E-state index is 15.3. The number of halogens is 32. The van der Waals surface area contributed by atoms with E-state index in [-0.39, 0.29) is 51.6 Å². The van der Waals surface area contributed by atoms with Crippen LogP contribution >= 0.6 is 31.9 Å². The Morgan fingerprint density at radius 1 is 0.338 bits per heavy atom. The normalized spacial score (nSPS) is 21.3. The Balaban J connectivity index is 0.000000165. The van der Waals surface area contributed by atoms with Crippen molar-refractivity contribution in [1.29, 1.82) is 0 Å². The molecule has 7 nitrogen and oxygen atoms in total.